The first-order valence-corrected chi connectivity index (χ1v) is 14.9. The number of hydrogen-bond acceptors (Lipinski definition) is 3. The molecule has 2 aromatic rings. The molecule has 37 heavy (non-hydrogen) atoms. The number of ether oxygens (including phenoxy) is 1. The summed E-state index contributed by atoms with van der Waals surface area (Å²) in [5, 5.41) is 10.6. The van der Waals surface area contributed by atoms with Gasteiger partial charge in [0, 0.05) is 18.7 Å². The quantitative estimate of drug-likeness (QED) is 0.227. The van der Waals surface area contributed by atoms with Crippen molar-refractivity contribution < 1.29 is 14.5 Å². The SMILES string of the molecule is C=c1ccc2cccc3c2c1=[NH+]C(C)(COC(=O)NCCCCCCCCCCCCCCCCC)N3. The second kappa shape index (κ2) is 15.6. The molecule has 5 heteroatoms. The molecule has 204 valence electrons. The standard InChI is InChI=1S/C32H49N3O2/c1-4-5-6-7-8-9-10-11-12-13-14-15-16-17-18-24-33-31(36)37-25-32(3)34-28-21-19-20-27-23-22-26(2)30(35-32)29(27)28/h19-23,34H,2,4-18,24-25H2,1,3H3,(H,33,36)/p+1. The van der Waals surface area contributed by atoms with Gasteiger partial charge < -0.3 is 15.4 Å². The van der Waals surface area contributed by atoms with E-state index in [0.29, 0.717) is 6.54 Å². The molecule has 1 aliphatic rings. The molecule has 1 aliphatic heterocycles. The zero-order chi connectivity index (χ0) is 26.3. The van der Waals surface area contributed by atoms with Crippen LogP contribution in [-0.4, -0.2) is 24.9 Å². The van der Waals surface area contributed by atoms with Crippen LogP contribution in [-0.2, 0) is 4.74 Å². The summed E-state index contributed by atoms with van der Waals surface area (Å²) >= 11 is 0. The molecule has 1 unspecified atom stereocenters. The predicted molar refractivity (Wildman–Crippen MR) is 155 cm³/mol. The normalized spacial score (nSPS) is 16.3. The highest BCUT2D eigenvalue weighted by Gasteiger charge is 2.35. The van der Waals surface area contributed by atoms with Crippen LogP contribution in [0.1, 0.15) is 110 Å². The number of anilines is 1. The molecule has 0 radical (unpaired) electrons. The van der Waals surface area contributed by atoms with Gasteiger partial charge in [-0.3, -0.25) is 0 Å². The largest absolute Gasteiger partial charge is 0.440 e. The van der Waals surface area contributed by atoms with Crippen molar-refractivity contribution in [3.8, 4) is 0 Å². The van der Waals surface area contributed by atoms with Crippen LogP contribution in [0.15, 0.2) is 30.3 Å². The first-order chi connectivity index (χ1) is 18.0. The van der Waals surface area contributed by atoms with Crippen molar-refractivity contribution in [3.63, 3.8) is 0 Å². The zero-order valence-electron chi connectivity index (χ0n) is 23.4. The van der Waals surface area contributed by atoms with Crippen LogP contribution >= 0.6 is 0 Å². The van der Waals surface area contributed by atoms with Crippen molar-refractivity contribution in [1.29, 1.82) is 0 Å². The van der Waals surface area contributed by atoms with Crippen LogP contribution in [0.25, 0.3) is 17.4 Å². The average Bonchev–Trinajstić information content (AvgIpc) is 2.89. The lowest BCUT2D eigenvalue weighted by Crippen LogP contribution is -2.96. The average molecular weight is 509 g/mol. The number of hydrogen-bond donors (Lipinski definition) is 3. The van der Waals surface area contributed by atoms with Gasteiger partial charge in [-0.2, -0.15) is 0 Å². The van der Waals surface area contributed by atoms with Crippen LogP contribution in [0.5, 0.6) is 0 Å². The summed E-state index contributed by atoms with van der Waals surface area (Å²) in [4.78, 5) is 15.8. The maximum Gasteiger partial charge on any atom is 0.407 e. The number of carbonyl (C=O) groups excluding carboxylic acids is 1. The maximum atomic E-state index is 12.3. The van der Waals surface area contributed by atoms with Gasteiger partial charge in [-0.1, -0.05) is 122 Å². The summed E-state index contributed by atoms with van der Waals surface area (Å²) in [6.07, 6.45) is 19.7. The van der Waals surface area contributed by atoms with Gasteiger partial charge in [-0.25, -0.2) is 9.79 Å². The number of nitrogens with one attached hydrogen (secondary N) is 3. The van der Waals surface area contributed by atoms with E-state index in [0.717, 1.165) is 39.9 Å². The Morgan fingerprint density at radius 3 is 2.11 bits per heavy atom. The lowest BCUT2D eigenvalue weighted by molar-refractivity contribution is -0.581. The van der Waals surface area contributed by atoms with Gasteiger partial charge >= 0.3 is 6.09 Å². The van der Waals surface area contributed by atoms with Crippen LogP contribution in [0.2, 0.25) is 0 Å². The molecule has 0 aliphatic carbocycles. The highest BCUT2D eigenvalue weighted by Crippen LogP contribution is 2.22. The Bertz CT molecular complexity index is 1080. The molecule has 0 aromatic heterocycles. The van der Waals surface area contributed by atoms with Gasteiger partial charge in [-0.15, -0.1) is 0 Å². The summed E-state index contributed by atoms with van der Waals surface area (Å²) in [5.41, 5.74) is 0.433. The van der Waals surface area contributed by atoms with E-state index < -0.39 is 5.66 Å². The molecular formula is C32H50N3O2+. The lowest BCUT2D eigenvalue weighted by atomic mass is 10.0. The third-order valence-electron chi connectivity index (χ3n) is 7.48. The van der Waals surface area contributed by atoms with Crippen LogP contribution in [0.3, 0.4) is 0 Å². The van der Waals surface area contributed by atoms with Crippen LogP contribution in [0.4, 0.5) is 10.5 Å². The first kappa shape index (κ1) is 29.0. The smallest absolute Gasteiger partial charge is 0.407 e. The number of benzene rings is 2. The van der Waals surface area contributed by atoms with E-state index in [-0.39, 0.29) is 12.7 Å². The van der Waals surface area contributed by atoms with Crippen LogP contribution < -0.4 is 26.2 Å². The van der Waals surface area contributed by atoms with E-state index in [2.05, 4.69) is 47.3 Å². The Morgan fingerprint density at radius 2 is 1.49 bits per heavy atom. The second-order valence-corrected chi connectivity index (χ2v) is 11.0. The summed E-state index contributed by atoms with van der Waals surface area (Å²) in [7, 11) is 0. The van der Waals surface area contributed by atoms with E-state index in [1.54, 1.807) is 0 Å². The topological polar surface area (TPSA) is 64.3 Å². The number of alkyl carbamates (subject to hydrolysis) is 1. The molecule has 3 N–H and O–H groups in total. The minimum Gasteiger partial charge on any atom is -0.440 e. The van der Waals surface area contributed by atoms with Gasteiger partial charge in [0.15, 0.2) is 6.61 Å². The first-order valence-electron chi connectivity index (χ1n) is 14.9. The molecule has 0 fully saturated rings. The van der Waals surface area contributed by atoms with E-state index in [4.69, 9.17) is 4.74 Å². The van der Waals surface area contributed by atoms with Gasteiger partial charge in [0.05, 0.1) is 11.1 Å². The van der Waals surface area contributed by atoms with Gasteiger partial charge in [-0.05, 0) is 23.9 Å². The van der Waals surface area contributed by atoms with E-state index >= 15 is 0 Å². The Kier molecular flexibility index (Phi) is 12.3. The third kappa shape index (κ3) is 9.68. The van der Waals surface area contributed by atoms with Gasteiger partial charge in [0.1, 0.15) is 0 Å². The van der Waals surface area contributed by atoms with E-state index in [1.165, 1.54) is 83.5 Å². The molecule has 1 atom stereocenters. The number of unbranched alkanes of at least 4 members (excludes halogenated alkanes) is 14. The monoisotopic (exact) mass is 508 g/mol. The Labute approximate surface area is 224 Å². The Balaban J connectivity index is 1.21. The molecular weight excluding hydrogens is 458 g/mol. The molecule has 3 rings (SSSR count). The summed E-state index contributed by atoms with van der Waals surface area (Å²) in [6, 6.07) is 10.3. The molecule has 0 bridgehead atoms. The highest BCUT2D eigenvalue weighted by molar-refractivity contribution is 5.93. The lowest BCUT2D eigenvalue weighted by Gasteiger charge is -2.26. The Hall–Kier alpha value is -2.56. The van der Waals surface area contributed by atoms with Crippen molar-refractivity contribution in [2.75, 3.05) is 18.5 Å². The van der Waals surface area contributed by atoms with Crippen molar-refractivity contribution >= 4 is 29.1 Å². The minimum atomic E-state index is -0.596. The number of rotatable bonds is 18. The molecule has 1 heterocycles. The zero-order valence-corrected chi connectivity index (χ0v) is 23.4. The maximum absolute atomic E-state index is 12.3. The molecule has 0 spiro atoms. The minimum absolute atomic E-state index is 0.210. The highest BCUT2D eigenvalue weighted by atomic mass is 16.5. The van der Waals surface area contributed by atoms with Crippen molar-refractivity contribution in [1.82, 2.24) is 5.32 Å². The van der Waals surface area contributed by atoms with Crippen molar-refractivity contribution in [3.05, 3.63) is 40.9 Å². The van der Waals surface area contributed by atoms with Gasteiger partial charge in [0.25, 0.3) is 5.66 Å². The van der Waals surface area contributed by atoms with E-state index in [9.17, 15) is 4.79 Å². The number of amides is 1. The second-order valence-electron chi connectivity index (χ2n) is 11.0. The molecule has 2 aromatic carbocycles. The van der Waals surface area contributed by atoms with Crippen molar-refractivity contribution in [2.24, 2.45) is 0 Å². The molecule has 1 amide bonds. The summed E-state index contributed by atoms with van der Waals surface area (Å²) in [5.74, 6) is 0. The fourth-order valence-corrected chi connectivity index (χ4v) is 5.29. The molecule has 0 saturated heterocycles. The van der Waals surface area contributed by atoms with Crippen molar-refractivity contribution in [2.45, 2.75) is 116 Å². The predicted octanol–water partition coefficient (Wildman–Crippen LogP) is 5.69. The fraction of sp³-hybridized carbons (Fsp3) is 0.625. The van der Waals surface area contributed by atoms with Gasteiger partial charge in [0.2, 0.25) is 5.36 Å². The summed E-state index contributed by atoms with van der Waals surface area (Å²) in [6.45, 7) is 9.33. The fourth-order valence-electron chi connectivity index (χ4n) is 5.29. The number of carbonyl (C=O) groups is 1. The molecule has 5 nitrogen and oxygen atoms in total. The van der Waals surface area contributed by atoms with E-state index in [1.807, 2.05) is 19.1 Å². The third-order valence-corrected chi connectivity index (χ3v) is 7.48. The Morgan fingerprint density at radius 1 is 0.892 bits per heavy atom. The molecule has 0 saturated carbocycles. The summed E-state index contributed by atoms with van der Waals surface area (Å²) < 4.78 is 5.56. The van der Waals surface area contributed by atoms with Crippen LogP contribution in [0, 0.1) is 0 Å².